The fourth-order valence-electron chi connectivity index (χ4n) is 1.90. The van der Waals surface area contributed by atoms with Crippen molar-refractivity contribution in [2.75, 3.05) is 7.11 Å². The van der Waals surface area contributed by atoms with Crippen LogP contribution in [0.25, 0.3) is 0 Å². The minimum atomic E-state index is -0.229. The summed E-state index contributed by atoms with van der Waals surface area (Å²) in [5.41, 5.74) is 2.30. The van der Waals surface area contributed by atoms with Gasteiger partial charge in [-0.1, -0.05) is 51.3 Å². The lowest BCUT2D eigenvalue weighted by molar-refractivity contribution is 0.415. The number of alkyl halides is 1. The number of ether oxygens (including phenoxy) is 1. The summed E-state index contributed by atoms with van der Waals surface area (Å²) in [5, 5.41) is 1.02. The van der Waals surface area contributed by atoms with Crippen LogP contribution in [0.2, 0.25) is 10.0 Å². The maximum atomic E-state index is 13.3. The maximum Gasteiger partial charge on any atom is 0.138 e. The minimum Gasteiger partial charge on any atom is -0.495 e. The van der Waals surface area contributed by atoms with Crippen LogP contribution in [0.3, 0.4) is 0 Å². The Bertz CT molecular complexity index is 646. The van der Waals surface area contributed by atoms with Crippen LogP contribution in [-0.2, 0) is 0 Å². The van der Waals surface area contributed by atoms with Crippen LogP contribution in [0.1, 0.15) is 21.5 Å². The predicted molar refractivity (Wildman–Crippen MR) is 84.9 cm³/mol. The zero-order chi connectivity index (χ0) is 14.9. The molecule has 0 amide bonds. The summed E-state index contributed by atoms with van der Waals surface area (Å²) in [6, 6.07) is 8.36. The smallest absolute Gasteiger partial charge is 0.138 e. The summed E-state index contributed by atoms with van der Waals surface area (Å²) in [6.45, 7) is 1.72. The minimum absolute atomic E-state index is 0.169. The second kappa shape index (κ2) is 6.33. The summed E-state index contributed by atoms with van der Waals surface area (Å²) in [4.78, 5) is -0.169. The van der Waals surface area contributed by atoms with Gasteiger partial charge in [0.2, 0.25) is 0 Å². The first-order valence-corrected chi connectivity index (χ1v) is 7.54. The van der Waals surface area contributed by atoms with Crippen molar-refractivity contribution in [1.29, 1.82) is 0 Å². The van der Waals surface area contributed by atoms with E-state index in [1.807, 2.05) is 0 Å². The highest BCUT2D eigenvalue weighted by Gasteiger charge is 2.17. The number of aryl methyl sites for hydroxylation is 1. The van der Waals surface area contributed by atoms with Crippen LogP contribution in [0.4, 0.5) is 4.39 Å². The Kier molecular flexibility index (Phi) is 4.95. The van der Waals surface area contributed by atoms with Crippen LogP contribution in [-0.4, -0.2) is 7.11 Å². The Labute approximate surface area is 135 Å². The monoisotopic (exact) mass is 376 g/mol. The van der Waals surface area contributed by atoms with Gasteiger partial charge in [-0.05, 0) is 35.7 Å². The van der Waals surface area contributed by atoms with E-state index in [1.165, 1.54) is 13.2 Å². The molecule has 2 aromatic rings. The second-order valence-corrected chi connectivity index (χ2v) is 6.11. The van der Waals surface area contributed by atoms with Crippen molar-refractivity contribution in [2.45, 2.75) is 11.8 Å². The first kappa shape index (κ1) is 15.6. The molecule has 2 rings (SSSR count). The van der Waals surface area contributed by atoms with Gasteiger partial charge in [0, 0.05) is 11.1 Å². The summed E-state index contributed by atoms with van der Waals surface area (Å²) >= 11 is 16.0. The molecule has 0 spiro atoms. The molecule has 0 saturated heterocycles. The largest absolute Gasteiger partial charge is 0.495 e. The molecule has 0 N–H and O–H groups in total. The number of methoxy groups -OCH3 is 1. The van der Waals surface area contributed by atoms with Gasteiger partial charge in [-0.2, -0.15) is 0 Å². The highest BCUT2D eigenvalue weighted by atomic mass is 79.9. The van der Waals surface area contributed by atoms with Crippen LogP contribution >= 0.6 is 39.1 Å². The Morgan fingerprint density at radius 2 is 1.85 bits per heavy atom. The van der Waals surface area contributed by atoms with Crippen LogP contribution in [0, 0.1) is 12.7 Å². The van der Waals surface area contributed by atoms with Crippen molar-refractivity contribution in [2.24, 2.45) is 0 Å². The van der Waals surface area contributed by atoms with Gasteiger partial charge >= 0.3 is 0 Å². The fraction of sp³-hybridized carbons (Fsp3) is 0.200. The zero-order valence-electron chi connectivity index (χ0n) is 10.9. The first-order valence-electron chi connectivity index (χ1n) is 5.87. The number of hydrogen-bond acceptors (Lipinski definition) is 1. The quantitative estimate of drug-likeness (QED) is 0.602. The van der Waals surface area contributed by atoms with E-state index < -0.39 is 0 Å². The van der Waals surface area contributed by atoms with Gasteiger partial charge in [-0.25, -0.2) is 4.39 Å². The lowest BCUT2D eigenvalue weighted by Crippen LogP contribution is -1.97. The molecule has 0 aliphatic heterocycles. The van der Waals surface area contributed by atoms with Gasteiger partial charge in [-0.15, -0.1) is 0 Å². The van der Waals surface area contributed by atoms with Gasteiger partial charge in [0.15, 0.2) is 0 Å². The molecule has 1 atom stereocenters. The number of hydrogen-bond donors (Lipinski definition) is 0. The van der Waals surface area contributed by atoms with Gasteiger partial charge in [0.25, 0.3) is 0 Å². The summed E-state index contributed by atoms with van der Waals surface area (Å²) < 4.78 is 18.4. The standard InChI is InChI=1S/C15H12BrCl2FO/c1-8-5-9(3-4-13(8)19)15(16)10-6-12(18)14(20-2)7-11(10)17/h3-7,15H,1-2H3. The third-order valence-corrected chi connectivity index (χ3v) is 4.66. The van der Waals surface area contributed by atoms with Crippen molar-refractivity contribution >= 4 is 39.1 Å². The van der Waals surface area contributed by atoms with Gasteiger partial charge in [0.1, 0.15) is 11.6 Å². The molecular weight excluding hydrogens is 366 g/mol. The zero-order valence-corrected chi connectivity index (χ0v) is 14.0. The third-order valence-electron chi connectivity index (χ3n) is 3.02. The van der Waals surface area contributed by atoms with E-state index in [2.05, 4.69) is 15.9 Å². The van der Waals surface area contributed by atoms with Crippen LogP contribution in [0.5, 0.6) is 5.75 Å². The molecule has 2 aromatic carbocycles. The Morgan fingerprint density at radius 1 is 1.15 bits per heavy atom. The topological polar surface area (TPSA) is 9.23 Å². The van der Waals surface area contributed by atoms with Gasteiger partial charge in [0.05, 0.1) is 17.0 Å². The lowest BCUT2D eigenvalue weighted by Gasteiger charge is -2.15. The van der Waals surface area contributed by atoms with E-state index in [9.17, 15) is 4.39 Å². The van der Waals surface area contributed by atoms with E-state index in [0.717, 1.165) is 11.1 Å². The van der Waals surface area contributed by atoms with Gasteiger partial charge in [-0.3, -0.25) is 0 Å². The average Bonchev–Trinajstić information content (AvgIpc) is 2.43. The van der Waals surface area contributed by atoms with E-state index in [1.54, 1.807) is 31.2 Å². The van der Waals surface area contributed by atoms with Gasteiger partial charge < -0.3 is 4.74 Å². The molecular formula is C15H12BrCl2FO. The summed E-state index contributed by atoms with van der Waals surface area (Å²) in [5.74, 6) is 0.294. The van der Waals surface area contributed by atoms with Crippen molar-refractivity contribution in [3.8, 4) is 5.75 Å². The molecule has 0 fully saturated rings. The van der Waals surface area contributed by atoms with E-state index in [0.29, 0.717) is 21.4 Å². The number of rotatable bonds is 3. The fourth-order valence-corrected chi connectivity index (χ4v) is 3.21. The molecule has 0 aromatic heterocycles. The van der Waals surface area contributed by atoms with Crippen molar-refractivity contribution in [3.63, 3.8) is 0 Å². The molecule has 0 radical (unpaired) electrons. The molecule has 0 aliphatic carbocycles. The lowest BCUT2D eigenvalue weighted by atomic mass is 10.0. The first-order chi connectivity index (χ1) is 9.43. The Hall–Kier alpha value is -0.770. The molecule has 0 heterocycles. The maximum absolute atomic E-state index is 13.3. The Morgan fingerprint density at radius 3 is 2.45 bits per heavy atom. The predicted octanol–water partition coefficient (Wildman–Crippen LogP) is 5.93. The molecule has 0 saturated carbocycles. The van der Waals surface area contributed by atoms with E-state index in [4.69, 9.17) is 27.9 Å². The number of halogens is 4. The van der Waals surface area contributed by atoms with Crippen molar-refractivity contribution in [1.82, 2.24) is 0 Å². The Balaban J connectivity index is 2.45. The number of benzene rings is 2. The summed E-state index contributed by atoms with van der Waals surface area (Å²) in [6.07, 6.45) is 0. The molecule has 0 bridgehead atoms. The summed E-state index contributed by atoms with van der Waals surface area (Å²) in [7, 11) is 1.53. The molecule has 0 aliphatic rings. The van der Waals surface area contributed by atoms with Crippen LogP contribution in [0.15, 0.2) is 30.3 Å². The molecule has 20 heavy (non-hydrogen) atoms. The second-order valence-electron chi connectivity index (χ2n) is 4.38. The molecule has 1 unspecified atom stereocenters. The highest BCUT2D eigenvalue weighted by Crippen LogP contribution is 2.40. The molecule has 1 nitrogen and oxygen atoms in total. The normalized spacial score (nSPS) is 12.3. The third kappa shape index (κ3) is 3.11. The van der Waals surface area contributed by atoms with Crippen molar-refractivity contribution < 1.29 is 9.13 Å². The van der Waals surface area contributed by atoms with Crippen LogP contribution < -0.4 is 4.74 Å². The van der Waals surface area contributed by atoms with E-state index >= 15 is 0 Å². The van der Waals surface area contributed by atoms with E-state index in [-0.39, 0.29) is 10.6 Å². The van der Waals surface area contributed by atoms with Crippen molar-refractivity contribution in [3.05, 3.63) is 62.9 Å². The SMILES string of the molecule is COc1cc(Cl)c(C(Br)c2ccc(F)c(C)c2)cc1Cl. The molecule has 5 heteroatoms. The molecule has 106 valence electrons. The highest BCUT2D eigenvalue weighted by molar-refractivity contribution is 9.09. The average molecular weight is 378 g/mol.